The summed E-state index contributed by atoms with van der Waals surface area (Å²) in [4.78, 5) is 15.6. The van der Waals surface area contributed by atoms with E-state index in [-0.39, 0.29) is 0 Å². The van der Waals surface area contributed by atoms with Gasteiger partial charge in [-0.05, 0) is 30.9 Å². The number of pyridine rings is 1. The van der Waals surface area contributed by atoms with Crippen molar-refractivity contribution < 1.29 is 9.90 Å². The first kappa shape index (κ1) is 10.3. The summed E-state index contributed by atoms with van der Waals surface area (Å²) in [5.41, 5.74) is 1.46. The van der Waals surface area contributed by atoms with Crippen molar-refractivity contribution in [1.82, 2.24) is 4.98 Å². The van der Waals surface area contributed by atoms with E-state index in [9.17, 15) is 9.90 Å². The van der Waals surface area contributed by atoms with Crippen molar-refractivity contribution in [2.45, 2.75) is 19.3 Å². The molecule has 0 aliphatic heterocycles. The molecular weight excluding hydrogens is 214 g/mol. The average molecular weight is 227 g/mol. The molecule has 1 aliphatic rings. The average Bonchev–Trinajstić information content (AvgIpc) is 3.11. The lowest BCUT2D eigenvalue weighted by molar-refractivity contribution is -0.143. The first-order valence-electron chi connectivity index (χ1n) is 5.77. The topological polar surface area (TPSA) is 50.2 Å². The molecule has 0 unspecified atom stereocenters. The van der Waals surface area contributed by atoms with E-state index in [1.165, 1.54) is 0 Å². The Labute approximate surface area is 99.1 Å². The normalized spacial score (nSPS) is 16.9. The van der Waals surface area contributed by atoms with E-state index in [1.54, 1.807) is 6.20 Å². The first-order valence-corrected chi connectivity index (χ1v) is 5.77. The van der Waals surface area contributed by atoms with Crippen molar-refractivity contribution in [2.75, 3.05) is 0 Å². The largest absolute Gasteiger partial charge is 0.481 e. The van der Waals surface area contributed by atoms with Gasteiger partial charge in [0.1, 0.15) is 0 Å². The number of aliphatic carboxylic acids is 1. The Kier molecular flexibility index (Phi) is 2.15. The monoisotopic (exact) mass is 227 g/mol. The number of carboxylic acid groups (broad SMARTS) is 1. The molecule has 1 fully saturated rings. The highest BCUT2D eigenvalue weighted by atomic mass is 16.4. The number of para-hydroxylation sites is 1. The molecule has 1 heterocycles. The minimum atomic E-state index is -0.676. The zero-order chi connectivity index (χ0) is 11.9. The Morgan fingerprint density at radius 2 is 2.06 bits per heavy atom. The fraction of sp³-hybridized carbons (Fsp3) is 0.286. The molecular formula is C14H13NO2. The molecule has 0 spiro atoms. The smallest absolute Gasteiger partial charge is 0.309 e. The standard InChI is InChI=1S/C14H13NO2/c16-13(17)14(6-7-14)9-11-4-1-3-10-5-2-8-15-12(10)11/h1-5,8H,6-7,9H2,(H,16,17). The molecule has 1 aromatic carbocycles. The zero-order valence-corrected chi connectivity index (χ0v) is 9.39. The molecule has 2 aromatic rings. The van der Waals surface area contributed by atoms with Gasteiger partial charge in [0.05, 0.1) is 10.9 Å². The van der Waals surface area contributed by atoms with E-state index in [0.29, 0.717) is 6.42 Å². The number of hydrogen-bond donors (Lipinski definition) is 1. The van der Waals surface area contributed by atoms with Crippen LogP contribution < -0.4 is 0 Å². The van der Waals surface area contributed by atoms with Gasteiger partial charge in [-0.15, -0.1) is 0 Å². The summed E-state index contributed by atoms with van der Waals surface area (Å²) >= 11 is 0. The summed E-state index contributed by atoms with van der Waals surface area (Å²) in [6, 6.07) is 9.87. The molecule has 0 bridgehead atoms. The van der Waals surface area contributed by atoms with Crippen molar-refractivity contribution >= 4 is 16.9 Å². The number of aromatic nitrogens is 1. The fourth-order valence-electron chi connectivity index (χ4n) is 2.29. The Hall–Kier alpha value is -1.90. The number of fused-ring (bicyclic) bond motifs is 1. The van der Waals surface area contributed by atoms with Gasteiger partial charge in [0, 0.05) is 11.6 Å². The van der Waals surface area contributed by atoms with E-state index in [1.807, 2.05) is 30.3 Å². The minimum absolute atomic E-state index is 0.522. The van der Waals surface area contributed by atoms with Crippen LogP contribution >= 0.6 is 0 Å². The van der Waals surface area contributed by atoms with Crippen molar-refractivity contribution in [1.29, 1.82) is 0 Å². The lowest BCUT2D eigenvalue weighted by atomic mass is 9.95. The van der Waals surface area contributed by atoms with Gasteiger partial charge >= 0.3 is 5.97 Å². The van der Waals surface area contributed by atoms with Gasteiger partial charge in [-0.1, -0.05) is 24.3 Å². The highest BCUT2D eigenvalue weighted by molar-refractivity contribution is 5.84. The molecule has 3 nitrogen and oxygen atoms in total. The maximum Gasteiger partial charge on any atom is 0.309 e. The quantitative estimate of drug-likeness (QED) is 0.876. The maximum atomic E-state index is 11.2. The number of carboxylic acids is 1. The van der Waals surface area contributed by atoms with E-state index in [2.05, 4.69) is 4.98 Å². The zero-order valence-electron chi connectivity index (χ0n) is 9.39. The van der Waals surface area contributed by atoms with E-state index < -0.39 is 11.4 Å². The fourth-order valence-corrected chi connectivity index (χ4v) is 2.29. The van der Waals surface area contributed by atoms with Gasteiger partial charge in [0.25, 0.3) is 0 Å². The molecule has 17 heavy (non-hydrogen) atoms. The highest BCUT2D eigenvalue weighted by Crippen LogP contribution is 2.49. The third kappa shape index (κ3) is 1.68. The van der Waals surface area contributed by atoms with Crippen LogP contribution in [0.5, 0.6) is 0 Å². The molecule has 86 valence electrons. The van der Waals surface area contributed by atoms with Crippen molar-refractivity contribution in [3.05, 3.63) is 42.1 Å². The number of rotatable bonds is 3. The van der Waals surface area contributed by atoms with Crippen LogP contribution in [0.2, 0.25) is 0 Å². The van der Waals surface area contributed by atoms with Gasteiger partial charge in [0.15, 0.2) is 0 Å². The van der Waals surface area contributed by atoms with E-state index in [0.717, 1.165) is 29.3 Å². The van der Waals surface area contributed by atoms with Gasteiger partial charge in [-0.3, -0.25) is 9.78 Å². The third-order valence-electron chi connectivity index (χ3n) is 3.55. The summed E-state index contributed by atoms with van der Waals surface area (Å²) in [6.45, 7) is 0. The van der Waals surface area contributed by atoms with Crippen LogP contribution in [-0.4, -0.2) is 16.1 Å². The molecule has 0 amide bonds. The Bertz CT molecular complexity index is 582. The molecule has 1 saturated carbocycles. The second-order valence-corrected chi connectivity index (χ2v) is 4.75. The number of benzene rings is 1. The molecule has 3 rings (SSSR count). The molecule has 3 heteroatoms. The molecule has 1 aliphatic carbocycles. The number of nitrogens with zero attached hydrogens (tertiary/aromatic N) is 1. The van der Waals surface area contributed by atoms with Crippen LogP contribution in [0, 0.1) is 5.41 Å². The number of hydrogen-bond acceptors (Lipinski definition) is 2. The van der Waals surface area contributed by atoms with Crippen LogP contribution in [0.3, 0.4) is 0 Å². The SMILES string of the molecule is O=C(O)C1(Cc2cccc3cccnc23)CC1. The second-order valence-electron chi connectivity index (χ2n) is 4.75. The minimum Gasteiger partial charge on any atom is -0.481 e. The van der Waals surface area contributed by atoms with Gasteiger partial charge in [0.2, 0.25) is 0 Å². The Morgan fingerprint density at radius 1 is 1.29 bits per heavy atom. The summed E-state index contributed by atoms with van der Waals surface area (Å²) in [6.07, 6.45) is 3.92. The summed E-state index contributed by atoms with van der Waals surface area (Å²) in [5.74, 6) is -0.676. The Morgan fingerprint density at radius 3 is 2.76 bits per heavy atom. The highest BCUT2D eigenvalue weighted by Gasteiger charge is 2.50. The molecule has 0 atom stereocenters. The lowest BCUT2D eigenvalue weighted by Gasteiger charge is -2.11. The predicted molar refractivity (Wildman–Crippen MR) is 64.7 cm³/mol. The summed E-state index contributed by atoms with van der Waals surface area (Å²) in [7, 11) is 0. The van der Waals surface area contributed by atoms with E-state index in [4.69, 9.17) is 0 Å². The van der Waals surface area contributed by atoms with Crippen LogP contribution in [-0.2, 0) is 11.2 Å². The van der Waals surface area contributed by atoms with Crippen molar-refractivity contribution in [2.24, 2.45) is 5.41 Å². The number of carbonyl (C=O) groups is 1. The molecule has 1 aromatic heterocycles. The van der Waals surface area contributed by atoms with Gasteiger partial charge in [-0.25, -0.2) is 0 Å². The lowest BCUT2D eigenvalue weighted by Crippen LogP contribution is -2.17. The van der Waals surface area contributed by atoms with Crippen molar-refractivity contribution in [3.63, 3.8) is 0 Å². The van der Waals surface area contributed by atoms with Crippen molar-refractivity contribution in [3.8, 4) is 0 Å². The third-order valence-corrected chi connectivity index (χ3v) is 3.55. The Balaban J connectivity index is 2.04. The van der Waals surface area contributed by atoms with Crippen LogP contribution in [0.25, 0.3) is 10.9 Å². The molecule has 0 saturated heterocycles. The van der Waals surface area contributed by atoms with Gasteiger partial charge < -0.3 is 5.11 Å². The van der Waals surface area contributed by atoms with Crippen LogP contribution in [0.1, 0.15) is 18.4 Å². The first-order chi connectivity index (χ1) is 8.21. The van der Waals surface area contributed by atoms with E-state index >= 15 is 0 Å². The maximum absolute atomic E-state index is 11.2. The predicted octanol–water partition coefficient (Wildman–Crippen LogP) is 2.64. The molecule has 1 N–H and O–H groups in total. The van der Waals surface area contributed by atoms with Crippen LogP contribution in [0.4, 0.5) is 0 Å². The molecule has 0 radical (unpaired) electrons. The van der Waals surface area contributed by atoms with Crippen LogP contribution in [0.15, 0.2) is 36.5 Å². The second kappa shape index (κ2) is 3.55. The summed E-state index contributed by atoms with van der Waals surface area (Å²) in [5, 5.41) is 10.3. The summed E-state index contributed by atoms with van der Waals surface area (Å²) < 4.78 is 0. The van der Waals surface area contributed by atoms with Gasteiger partial charge in [-0.2, -0.15) is 0 Å².